The lowest BCUT2D eigenvalue weighted by Gasteiger charge is -2.29. The Morgan fingerprint density at radius 3 is 2.25 bits per heavy atom. The minimum atomic E-state index is -0.576. The van der Waals surface area contributed by atoms with Crippen LogP contribution in [0.15, 0.2) is 48.5 Å². The van der Waals surface area contributed by atoms with E-state index < -0.39 is 6.04 Å². The zero-order valence-electron chi connectivity index (χ0n) is 16.6. The zero-order valence-corrected chi connectivity index (χ0v) is 17.3. The van der Waals surface area contributed by atoms with Gasteiger partial charge in [0.05, 0.1) is 7.11 Å². The summed E-state index contributed by atoms with van der Waals surface area (Å²) in [5, 5.41) is 3.55. The van der Waals surface area contributed by atoms with Crippen LogP contribution in [-0.2, 0) is 22.7 Å². The van der Waals surface area contributed by atoms with E-state index in [1.165, 1.54) is 0 Å². The summed E-state index contributed by atoms with van der Waals surface area (Å²) in [6.07, 6.45) is 1.14. The molecular formula is C22H27ClN2O3. The van der Waals surface area contributed by atoms with Gasteiger partial charge in [-0.15, -0.1) is 0 Å². The molecular weight excluding hydrogens is 376 g/mol. The largest absolute Gasteiger partial charge is 0.497 e. The Hall–Kier alpha value is -2.53. The van der Waals surface area contributed by atoms with E-state index in [-0.39, 0.29) is 11.8 Å². The lowest BCUT2D eigenvalue weighted by Crippen LogP contribution is -2.47. The SMILES string of the molecule is CCCC(=O)N(Cc1ccc(Cl)cc1)[C@@H](C)C(=O)NCc1ccc(OC)cc1. The third-order valence-corrected chi connectivity index (χ3v) is 4.78. The number of carbonyl (C=O) groups is 2. The van der Waals surface area contributed by atoms with Crippen LogP contribution in [0.4, 0.5) is 0 Å². The fraction of sp³-hybridized carbons (Fsp3) is 0.364. The highest BCUT2D eigenvalue weighted by molar-refractivity contribution is 6.30. The number of nitrogens with one attached hydrogen (secondary N) is 1. The smallest absolute Gasteiger partial charge is 0.242 e. The summed E-state index contributed by atoms with van der Waals surface area (Å²) >= 11 is 5.94. The van der Waals surface area contributed by atoms with Gasteiger partial charge in [-0.3, -0.25) is 9.59 Å². The Kier molecular flexibility index (Phi) is 8.33. The van der Waals surface area contributed by atoms with Crippen LogP contribution in [0.3, 0.4) is 0 Å². The van der Waals surface area contributed by atoms with E-state index in [4.69, 9.17) is 16.3 Å². The van der Waals surface area contributed by atoms with Gasteiger partial charge in [-0.25, -0.2) is 0 Å². The predicted molar refractivity (Wildman–Crippen MR) is 111 cm³/mol. The molecule has 0 saturated carbocycles. The van der Waals surface area contributed by atoms with Gasteiger partial charge in [0, 0.05) is 24.5 Å². The number of ether oxygens (including phenoxy) is 1. The Morgan fingerprint density at radius 1 is 1.07 bits per heavy atom. The predicted octanol–water partition coefficient (Wildman–Crippen LogP) is 4.18. The van der Waals surface area contributed by atoms with E-state index in [0.29, 0.717) is 24.5 Å². The van der Waals surface area contributed by atoms with Crippen LogP contribution >= 0.6 is 11.6 Å². The van der Waals surface area contributed by atoms with Crippen molar-refractivity contribution in [3.63, 3.8) is 0 Å². The Morgan fingerprint density at radius 2 is 1.68 bits per heavy atom. The highest BCUT2D eigenvalue weighted by atomic mass is 35.5. The Bertz CT molecular complexity index is 775. The minimum absolute atomic E-state index is 0.0375. The summed E-state index contributed by atoms with van der Waals surface area (Å²) in [4.78, 5) is 26.9. The number of benzene rings is 2. The van der Waals surface area contributed by atoms with Crippen molar-refractivity contribution < 1.29 is 14.3 Å². The van der Waals surface area contributed by atoms with Gasteiger partial charge in [-0.2, -0.15) is 0 Å². The van der Waals surface area contributed by atoms with Crippen molar-refractivity contribution >= 4 is 23.4 Å². The molecule has 0 aliphatic rings. The topological polar surface area (TPSA) is 58.6 Å². The molecule has 0 fully saturated rings. The van der Waals surface area contributed by atoms with Crippen molar-refractivity contribution in [3.05, 3.63) is 64.7 Å². The summed E-state index contributed by atoms with van der Waals surface area (Å²) in [7, 11) is 1.61. The molecule has 6 heteroatoms. The molecule has 0 radical (unpaired) electrons. The van der Waals surface area contributed by atoms with Crippen LogP contribution in [0, 0.1) is 0 Å². The lowest BCUT2D eigenvalue weighted by molar-refractivity contribution is -0.140. The molecule has 0 aliphatic heterocycles. The first-order chi connectivity index (χ1) is 13.4. The van der Waals surface area contributed by atoms with E-state index in [9.17, 15) is 9.59 Å². The van der Waals surface area contributed by atoms with Crippen molar-refractivity contribution in [2.45, 2.75) is 45.8 Å². The maximum Gasteiger partial charge on any atom is 0.242 e. The van der Waals surface area contributed by atoms with E-state index in [1.807, 2.05) is 43.3 Å². The first kappa shape index (κ1) is 21.8. The summed E-state index contributed by atoms with van der Waals surface area (Å²) in [5.41, 5.74) is 1.90. The number of methoxy groups -OCH3 is 1. The molecule has 0 aliphatic carbocycles. The second kappa shape index (κ2) is 10.7. The molecule has 5 nitrogen and oxygen atoms in total. The molecule has 2 aromatic rings. The van der Waals surface area contributed by atoms with Crippen molar-refractivity contribution in [2.75, 3.05) is 7.11 Å². The fourth-order valence-corrected chi connectivity index (χ4v) is 2.93. The highest BCUT2D eigenvalue weighted by Crippen LogP contribution is 2.15. The molecule has 2 aromatic carbocycles. The maximum atomic E-state index is 12.7. The summed E-state index contributed by atoms with van der Waals surface area (Å²) in [5.74, 6) is 0.543. The quantitative estimate of drug-likeness (QED) is 0.684. The van der Waals surface area contributed by atoms with Gasteiger partial charge < -0.3 is 15.0 Å². The molecule has 1 N–H and O–H groups in total. The van der Waals surface area contributed by atoms with Gasteiger partial charge in [-0.05, 0) is 48.7 Å². The first-order valence-corrected chi connectivity index (χ1v) is 9.77. The van der Waals surface area contributed by atoms with Gasteiger partial charge in [-0.1, -0.05) is 42.8 Å². The normalized spacial score (nSPS) is 11.6. The second-order valence-corrected chi connectivity index (χ2v) is 7.08. The molecule has 0 bridgehead atoms. The molecule has 0 heterocycles. The number of carbonyl (C=O) groups excluding carboxylic acids is 2. The highest BCUT2D eigenvalue weighted by Gasteiger charge is 2.25. The maximum absolute atomic E-state index is 12.7. The van der Waals surface area contributed by atoms with Crippen LogP contribution in [0.1, 0.15) is 37.8 Å². The van der Waals surface area contributed by atoms with Crippen molar-refractivity contribution in [1.82, 2.24) is 10.2 Å². The average molecular weight is 403 g/mol. The Labute approximate surface area is 171 Å². The molecule has 0 spiro atoms. The van der Waals surface area contributed by atoms with E-state index >= 15 is 0 Å². The van der Waals surface area contributed by atoms with Gasteiger partial charge in [0.15, 0.2) is 0 Å². The molecule has 2 rings (SSSR count). The number of hydrogen-bond donors (Lipinski definition) is 1. The van der Waals surface area contributed by atoms with Crippen LogP contribution < -0.4 is 10.1 Å². The van der Waals surface area contributed by atoms with Gasteiger partial charge in [0.1, 0.15) is 11.8 Å². The third kappa shape index (κ3) is 6.27. The molecule has 2 amide bonds. The number of hydrogen-bond acceptors (Lipinski definition) is 3. The number of nitrogens with zero attached hydrogens (tertiary/aromatic N) is 1. The molecule has 0 unspecified atom stereocenters. The van der Waals surface area contributed by atoms with E-state index in [2.05, 4.69) is 5.32 Å². The van der Waals surface area contributed by atoms with E-state index in [1.54, 1.807) is 31.1 Å². The lowest BCUT2D eigenvalue weighted by atomic mass is 10.1. The molecule has 1 atom stereocenters. The van der Waals surface area contributed by atoms with Gasteiger partial charge in [0.2, 0.25) is 11.8 Å². The van der Waals surface area contributed by atoms with E-state index in [0.717, 1.165) is 23.3 Å². The molecule has 0 aromatic heterocycles. The van der Waals surface area contributed by atoms with Crippen LogP contribution in [0.25, 0.3) is 0 Å². The standard InChI is InChI=1S/C22H27ClN2O3/c1-4-5-21(26)25(15-18-6-10-19(23)11-7-18)16(2)22(27)24-14-17-8-12-20(28-3)13-9-17/h6-13,16H,4-5,14-15H2,1-3H3,(H,24,27)/t16-/m0/s1. The van der Waals surface area contributed by atoms with Crippen LogP contribution in [0.2, 0.25) is 5.02 Å². The summed E-state index contributed by atoms with van der Waals surface area (Å²) in [6.45, 7) is 4.47. The summed E-state index contributed by atoms with van der Waals surface area (Å²) < 4.78 is 5.14. The number of halogens is 1. The van der Waals surface area contributed by atoms with Crippen molar-refractivity contribution in [2.24, 2.45) is 0 Å². The monoisotopic (exact) mass is 402 g/mol. The molecule has 150 valence electrons. The van der Waals surface area contributed by atoms with Crippen molar-refractivity contribution in [1.29, 1.82) is 0 Å². The zero-order chi connectivity index (χ0) is 20.5. The number of rotatable bonds is 9. The van der Waals surface area contributed by atoms with Crippen LogP contribution in [-0.4, -0.2) is 29.9 Å². The second-order valence-electron chi connectivity index (χ2n) is 6.64. The Balaban J connectivity index is 2.04. The van der Waals surface area contributed by atoms with Crippen molar-refractivity contribution in [3.8, 4) is 5.75 Å². The first-order valence-electron chi connectivity index (χ1n) is 9.39. The fourth-order valence-electron chi connectivity index (χ4n) is 2.81. The van der Waals surface area contributed by atoms with Gasteiger partial charge >= 0.3 is 0 Å². The molecule has 0 saturated heterocycles. The molecule has 28 heavy (non-hydrogen) atoms. The van der Waals surface area contributed by atoms with Crippen LogP contribution in [0.5, 0.6) is 5.75 Å². The average Bonchev–Trinajstić information content (AvgIpc) is 2.71. The number of amides is 2. The minimum Gasteiger partial charge on any atom is -0.497 e. The summed E-state index contributed by atoms with van der Waals surface area (Å²) in [6, 6.07) is 14.2. The third-order valence-electron chi connectivity index (χ3n) is 4.52. The van der Waals surface area contributed by atoms with Gasteiger partial charge in [0.25, 0.3) is 0 Å².